The van der Waals surface area contributed by atoms with Crippen molar-refractivity contribution in [2.24, 2.45) is 0 Å². The van der Waals surface area contributed by atoms with Gasteiger partial charge in [0.1, 0.15) is 10.0 Å². The molecule has 0 saturated heterocycles. The number of rotatable bonds is 1. The Morgan fingerprint density at radius 2 is 2.23 bits per heavy atom. The Hall–Kier alpha value is -1.00. The molecule has 0 atom stereocenters. The third-order valence-electron chi connectivity index (χ3n) is 1.33. The van der Waals surface area contributed by atoms with Crippen molar-refractivity contribution in [1.82, 2.24) is 0 Å². The van der Waals surface area contributed by atoms with Crippen LogP contribution in [0.2, 0.25) is 10.0 Å². The van der Waals surface area contributed by atoms with Crippen LogP contribution >= 0.6 is 23.2 Å². The molecule has 0 radical (unpaired) electrons. The summed E-state index contributed by atoms with van der Waals surface area (Å²) in [5.74, 6) is -0.795. The van der Waals surface area contributed by atoms with E-state index in [1.165, 1.54) is 6.07 Å². The molecule has 4 nitrogen and oxygen atoms in total. The Labute approximate surface area is 84.2 Å². The zero-order valence-electron chi connectivity index (χ0n) is 6.58. The Balaban J connectivity index is 3.28. The molecule has 0 aliphatic carbocycles. The van der Waals surface area contributed by atoms with Gasteiger partial charge in [0.05, 0.1) is 7.11 Å². The number of methoxy groups -OCH3 is 1. The first kappa shape index (κ1) is 10.1. The van der Waals surface area contributed by atoms with Crippen molar-refractivity contribution in [3.8, 4) is 0 Å². The van der Waals surface area contributed by atoms with Crippen molar-refractivity contribution in [1.29, 1.82) is 0 Å². The lowest BCUT2D eigenvalue weighted by Gasteiger charge is -2.03. The topological polar surface area (TPSA) is 53.2 Å². The standard InChI is InChI=1S/C7H5Cl2NO3/c1-13-7(11)6-5(9)2-4(8)3-10(6)12/h2-3H,1H3. The number of ether oxygens (including phenoxy) is 1. The van der Waals surface area contributed by atoms with Gasteiger partial charge in [-0.25, -0.2) is 4.79 Å². The third kappa shape index (κ3) is 2.02. The molecule has 0 fully saturated rings. The molecule has 0 aliphatic heterocycles. The minimum atomic E-state index is -0.795. The first-order chi connectivity index (χ1) is 6.06. The second-order valence-electron chi connectivity index (χ2n) is 2.17. The molecule has 0 amide bonds. The minimum Gasteiger partial charge on any atom is -0.618 e. The Bertz CT molecular complexity index is 331. The van der Waals surface area contributed by atoms with Crippen molar-refractivity contribution in [3.63, 3.8) is 0 Å². The fourth-order valence-electron chi connectivity index (χ4n) is 0.793. The molecule has 1 rings (SSSR count). The summed E-state index contributed by atoms with van der Waals surface area (Å²) in [6.07, 6.45) is 1.03. The molecule has 6 heteroatoms. The molecule has 0 spiro atoms. The van der Waals surface area contributed by atoms with Gasteiger partial charge >= 0.3 is 11.7 Å². The zero-order valence-corrected chi connectivity index (χ0v) is 8.09. The fraction of sp³-hybridized carbons (Fsp3) is 0.143. The number of halogens is 2. The molecule has 0 N–H and O–H groups in total. The van der Waals surface area contributed by atoms with E-state index in [-0.39, 0.29) is 20.5 Å². The summed E-state index contributed by atoms with van der Waals surface area (Å²) in [4.78, 5) is 11.0. The summed E-state index contributed by atoms with van der Waals surface area (Å²) < 4.78 is 4.62. The normalized spacial score (nSPS) is 9.77. The average molecular weight is 222 g/mol. The van der Waals surface area contributed by atoms with Crippen LogP contribution in [-0.4, -0.2) is 13.1 Å². The van der Waals surface area contributed by atoms with E-state index in [4.69, 9.17) is 23.2 Å². The Morgan fingerprint density at radius 3 is 2.69 bits per heavy atom. The number of hydrogen-bond acceptors (Lipinski definition) is 3. The number of aromatic nitrogens is 1. The number of carbonyl (C=O) groups excluding carboxylic acids is 1. The molecule has 1 heterocycles. The van der Waals surface area contributed by atoms with E-state index < -0.39 is 5.97 Å². The van der Waals surface area contributed by atoms with Crippen molar-refractivity contribution >= 4 is 29.2 Å². The van der Waals surface area contributed by atoms with Crippen LogP contribution in [0.15, 0.2) is 12.3 Å². The Morgan fingerprint density at radius 1 is 1.62 bits per heavy atom. The van der Waals surface area contributed by atoms with Crippen LogP contribution in [0.25, 0.3) is 0 Å². The van der Waals surface area contributed by atoms with E-state index in [9.17, 15) is 10.0 Å². The summed E-state index contributed by atoms with van der Waals surface area (Å²) >= 11 is 11.1. The highest BCUT2D eigenvalue weighted by atomic mass is 35.5. The molecule has 0 aliphatic rings. The monoisotopic (exact) mass is 221 g/mol. The summed E-state index contributed by atoms with van der Waals surface area (Å²) in [7, 11) is 1.16. The van der Waals surface area contributed by atoms with E-state index in [1.54, 1.807) is 0 Å². The van der Waals surface area contributed by atoms with E-state index in [1.807, 2.05) is 0 Å². The maximum Gasteiger partial charge on any atom is 0.406 e. The van der Waals surface area contributed by atoms with Crippen LogP contribution in [0.5, 0.6) is 0 Å². The van der Waals surface area contributed by atoms with Crippen molar-refractivity contribution in [2.75, 3.05) is 7.11 Å². The van der Waals surface area contributed by atoms with Gasteiger partial charge in [0, 0.05) is 0 Å². The second kappa shape index (κ2) is 3.81. The summed E-state index contributed by atoms with van der Waals surface area (Å²) in [6, 6.07) is 1.30. The SMILES string of the molecule is COC(=O)c1c(Cl)cc(Cl)c[n+]1[O-]. The first-order valence-corrected chi connectivity index (χ1v) is 3.98. The summed E-state index contributed by atoms with van der Waals surface area (Å²) in [6.45, 7) is 0. The molecule has 0 aromatic carbocycles. The largest absolute Gasteiger partial charge is 0.618 e. The van der Waals surface area contributed by atoms with Gasteiger partial charge in [0.25, 0.3) is 0 Å². The van der Waals surface area contributed by atoms with Gasteiger partial charge in [-0.3, -0.25) is 0 Å². The number of carbonyl (C=O) groups is 1. The van der Waals surface area contributed by atoms with Gasteiger partial charge in [-0.15, -0.1) is 0 Å². The van der Waals surface area contributed by atoms with E-state index in [2.05, 4.69) is 4.74 Å². The first-order valence-electron chi connectivity index (χ1n) is 3.22. The van der Waals surface area contributed by atoms with Gasteiger partial charge in [0.15, 0.2) is 6.20 Å². The predicted octanol–water partition coefficient (Wildman–Crippen LogP) is 1.41. The quantitative estimate of drug-likeness (QED) is 0.410. The number of esters is 1. The molecule has 0 bridgehead atoms. The van der Waals surface area contributed by atoms with Gasteiger partial charge < -0.3 is 9.94 Å². The molecule has 70 valence electrons. The zero-order chi connectivity index (χ0) is 10.0. The molecule has 1 aromatic rings. The number of pyridine rings is 1. The number of hydrogen-bond donors (Lipinski definition) is 0. The lowest BCUT2D eigenvalue weighted by Crippen LogP contribution is -2.35. The maximum atomic E-state index is 11.1. The van der Waals surface area contributed by atoms with Crippen molar-refractivity contribution in [2.45, 2.75) is 0 Å². The molecule has 0 saturated carbocycles. The van der Waals surface area contributed by atoms with Crippen LogP contribution in [-0.2, 0) is 4.74 Å². The van der Waals surface area contributed by atoms with Gasteiger partial charge in [-0.1, -0.05) is 23.2 Å². The van der Waals surface area contributed by atoms with Crippen molar-refractivity contribution < 1.29 is 14.3 Å². The Kier molecular flexibility index (Phi) is 2.95. The summed E-state index contributed by atoms with van der Waals surface area (Å²) in [5, 5.41) is 11.2. The molecular formula is C7H5Cl2NO3. The van der Waals surface area contributed by atoms with E-state index in [0.717, 1.165) is 13.3 Å². The van der Waals surface area contributed by atoms with Gasteiger partial charge in [0.2, 0.25) is 0 Å². The highest BCUT2D eigenvalue weighted by Crippen LogP contribution is 2.17. The van der Waals surface area contributed by atoms with Crippen LogP contribution in [0.4, 0.5) is 0 Å². The van der Waals surface area contributed by atoms with Gasteiger partial charge in [-0.05, 0) is 6.07 Å². The van der Waals surface area contributed by atoms with Crippen molar-refractivity contribution in [3.05, 3.63) is 33.2 Å². The minimum absolute atomic E-state index is 0.0330. The number of nitrogens with zero attached hydrogens (tertiary/aromatic N) is 1. The van der Waals surface area contributed by atoms with E-state index >= 15 is 0 Å². The van der Waals surface area contributed by atoms with E-state index in [0.29, 0.717) is 0 Å². The molecule has 0 unspecified atom stereocenters. The van der Waals surface area contributed by atoms with Crippen LogP contribution in [0.1, 0.15) is 10.5 Å². The highest BCUT2D eigenvalue weighted by Gasteiger charge is 2.22. The molecule has 1 aromatic heterocycles. The molecular weight excluding hydrogens is 217 g/mol. The molecule has 13 heavy (non-hydrogen) atoms. The fourth-order valence-corrected chi connectivity index (χ4v) is 1.32. The average Bonchev–Trinajstić information content (AvgIpc) is 2.02. The lowest BCUT2D eigenvalue weighted by molar-refractivity contribution is -0.608. The van der Waals surface area contributed by atoms with Crippen LogP contribution < -0.4 is 4.73 Å². The van der Waals surface area contributed by atoms with Crippen LogP contribution in [0, 0.1) is 5.21 Å². The third-order valence-corrected chi connectivity index (χ3v) is 1.83. The predicted molar refractivity (Wildman–Crippen MR) is 46.8 cm³/mol. The second-order valence-corrected chi connectivity index (χ2v) is 3.02. The van der Waals surface area contributed by atoms with Gasteiger partial charge in [-0.2, -0.15) is 4.73 Å². The van der Waals surface area contributed by atoms with Crippen LogP contribution in [0.3, 0.4) is 0 Å². The summed E-state index contributed by atoms with van der Waals surface area (Å²) in [5.41, 5.74) is -0.270. The highest BCUT2D eigenvalue weighted by molar-refractivity contribution is 6.35. The smallest absolute Gasteiger partial charge is 0.406 e. The maximum absolute atomic E-state index is 11.1. The lowest BCUT2D eigenvalue weighted by atomic mass is 10.3.